The lowest BCUT2D eigenvalue weighted by molar-refractivity contribution is -0.153. The second-order valence-corrected chi connectivity index (χ2v) is 4.68. The van der Waals surface area contributed by atoms with Gasteiger partial charge in [0.25, 0.3) is 0 Å². The van der Waals surface area contributed by atoms with Crippen LogP contribution in [-0.2, 0) is 9.59 Å². The number of hydrogen-bond acceptors (Lipinski definition) is 2. The molecule has 0 aromatic carbocycles. The van der Waals surface area contributed by atoms with E-state index in [4.69, 9.17) is 5.11 Å². The van der Waals surface area contributed by atoms with Crippen molar-refractivity contribution in [1.82, 2.24) is 5.32 Å². The second kappa shape index (κ2) is 3.59. The highest BCUT2D eigenvalue weighted by Crippen LogP contribution is 2.27. The molecular weight excluding hydrogens is 182 g/mol. The van der Waals surface area contributed by atoms with Crippen molar-refractivity contribution in [3.8, 4) is 0 Å². The number of hydrogen-bond donors (Lipinski definition) is 2. The first-order chi connectivity index (χ1) is 6.34. The van der Waals surface area contributed by atoms with Crippen molar-refractivity contribution >= 4 is 11.9 Å². The van der Waals surface area contributed by atoms with E-state index >= 15 is 0 Å². The number of rotatable bonds is 3. The number of amides is 1. The molecule has 0 heterocycles. The van der Waals surface area contributed by atoms with Gasteiger partial charge in [-0.05, 0) is 32.6 Å². The van der Waals surface area contributed by atoms with Crippen LogP contribution in [0.3, 0.4) is 0 Å². The Hall–Kier alpha value is -1.06. The fraction of sp³-hybridized carbons (Fsp3) is 0.800. The summed E-state index contributed by atoms with van der Waals surface area (Å²) in [5, 5.41) is 11.6. The molecule has 0 aromatic heterocycles. The largest absolute Gasteiger partial charge is 0.480 e. The Morgan fingerprint density at radius 3 is 2.21 bits per heavy atom. The Morgan fingerprint density at radius 2 is 1.86 bits per heavy atom. The fourth-order valence-corrected chi connectivity index (χ4v) is 1.48. The van der Waals surface area contributed by atoms with Crippen molar-refractivity contribution in [3.63, 3.8) is 0 Å². The molecule has 0 aliphatic heterocycles. The standard InChI is InChI=1S/C10H17NO3/c1-6-4-7(5-6)11-8(12)10(2,3)9(13)14/h6-7H,4-5H2,1-3H3,(H,11,12)(H,13,14). The van der Waals surface area contributed by atoms with Gasteiger partial charge in [-0.2, -0.15) is 0 Å². The normalized spacial score (nSPS) is 26.5. The molecule has 1 aliphatic rings. The molecule has 0 radical (unpaired) electrons. The summed E-state index contributed by atoms with van der Waals surface area (Å²) >= 11 is 0. The molecule has 1 saturated carbocycles. The van der Waals surface area contributed by atoms with E-state index in [0.29, 0.717) is 5.92 Å². The molecule has 80 valence electrons. The van der Waals surface area contributed by atoms with Crippen LogP contribution in [0.2, 0.25) is 0 Å². The number of carboxylic acid groups (broad SMARTS) is 1. The van der Waals surface area contributed by atoms with E-state index in [1.807, 2.05) is 0 Å². The van der Waals surface area contributed by atoms with E-state index in [-0.39, 0.29) is 11.9 Å². The zero-order valence-electron chi connectivity index (χ0n) is 8.83. The summed E-state index contributed by atoms with van der Waals surface area (Å²) in [6.45, 7) is 4.96. The Balaban J connectivity index is 2.46. The molecule has 2 N–H and O–H groups in total. The van der Waals surface area contributed by atoms with E-state index < -0.39 is 11.4 Å². The van der Waals surface area contributed by atoms with Crippen molar-refractivity contribution in [2.45, 2.75) is 39.7 Å². The smallest absolute Gasteiger partial charge is 0.318 e. The summed E-state index contributed by atoms with van der Waals surface area (Å²) in [5.74, 6) is -0.822. The zero-order valence-corrected chi connectivity index (χ0v) is 8.83. The van der Waals surface area contributed by atoms with E-state index in [2.05, 4.69) is 12.2 Å². The molecule has 0 saturated heterocycles. The molecule has 0 atom stereocenters. The molecule has 0 unspecified atom stereocenters. The van der Waals surface area contributed by atoms with Crippen molar-refractivity contribution in [2.75, 3.05) is 0 Å². The van der Waals surface area contributed by atoms with Gasteiger partial charge >= 0.3 is 5.97 Å². The van der Waals surface area contributed by atoms with Gasteiger partial charge < -0.3 is 10.4 Å². The molecular formula is C10H17NO3. The highest BCUT2D eigenvalue weighted by atomic mass is 16.4. The molecule has 4 nitrogen and oxygen atoms in total. The van der Waals surface area contributed by atoms with Crippen molar-refractivity contribution in [1.29, 1.82) is 0 Å². The van der Waals surface area contributed by atoms with Crippen molar-refractivity contribution < 1.29 is 14.7 Å². The second-order valence-electron chi connectivity index (χ2n) is 4.68. The third-order valence-electron chi connectivity index (χ3n) is 2.81. The Labute approximate surface area is 83.7 Å². The minimum absolute atomic E-state index is 0.177. The van der Waals surface area contributed by atoms with E-state index in [1.54, 1.807) is 0 Å². The minimum Gasteiger partial charge on any atom is -0.480 e. The van der Waals surface area contributed by atoms with Crippen LogP contribution in [0.1, 0.15) is 33.6 Å². The monoisotopic (exact) mass is 199 g/mol. The average molecular weight is 199 g/mol. The molecule has 14 heavy (non-hydrogen) atoms. The first-order valence-electron chi connectivity index (χ1n) is 4.88. The lowest BCUT2D eigenvalue weighted by Crippen LogP contribution is -2.50. The van der Waals surface area contributed by atoms with Crippen molar-refractivity contribution in [2.24, 2.45) is 11.3 Å². The third-order valence-corrected chi connectivity index (χ3v) is 2.81. The first-order valence-corrected chi connectivity index (χ1v) is 4.88. The molecule has 0 aromatic rings. The fourth-order valence-electron chi connectivity index (χ4n) is 1.48. The molecule has 1 aliphatic carbocycles. The van der Waals surface area contributed by atoms with E-state index in [0.717, 1.165) is 12.8 Å². The van der Waals surface area contributed by atoms with Crippen LogP contribution in [0.25, 0.3) is 0 Å². The Bertz CT molecular complexity index is 254. The number of carbonyl (C=O) groups is 2. The lowest BCUT2D eigenvalue weighted by Gasteiger charge is -2.35. The highest BCUT2D eigenvalue weighted by Gasteiger charge is 2.38. The van der Waals surface area contributed by atoms with Gasteiger partial charge in [0.05, 0.1) is 0 Å². The van der Waals surface area contributed by atoms with Gasteiger partial charge in [-0.1, -0.05) is 6.92 Å². The molecule has 0 spiro atoms. The van der Waals surface area contributed by atoms with Crippen LogP contribution < -0.4 is 5.32 Å². The summed E-state index contributed by atoms with van der Waals surface area (Å²) < 4.78 is 0. The summed E-state index contributed by atoms with van der Waals surface area (Å²) in [7, 11) is 0. The predicted octanol–water partition coefficient (Wildman–Crippen LogP) is 1.01. The van der Waals surface area contributed by atoms with Gasteiger partial charge in [0, 0.05) is 6.04 Å². The van der Waals surface area contributed by atoms with E-state index in [1.165, 1.54) is 13.8 Å². The quantitative estimate of drug-likeness (QED) is 0.667. The predicted molar refractivity (Wildman–Crippen MR) is 51.7 cm³/mol. The van der Waals surface area contributed by atoms with Crippen LogP contribution in [-0.4, -0.2) is 23.0 Å². The number of carboxylic acids is 1. The molecule has 1 fully saturated rings. The van der Waals surface area contributed by atoms with Crippen LogP contribution in [0.15, 0.2) is 0 Å². The van der Waals surface area contributed by atoms with Gasteiger partial charge in [0.1, 0.15) is 5.41 Å². The average Bonchev–Trinajstić information content (AvgIpc) is 2.01. The third kappa shape index (κ3) is 2.05. The summed E-state index contributed by atoms with van der Waals surface area (Å²) in [5.41, 5.74) is -1.32. The SMILES string of the molecule is CC1CC(NC(=O)C(C)(C)C(=O)O)C1. The van der Waals surface area contributed by atoms with Gasteiger partial charge in [0.15, 0.2) is 0 Å². The number of nitrogens with one attached hydrogen (secondary N) is 1. The highest BCUT2D eigenvalue weighted by molar-refractivity contribution is 6.01. The van der Waals surface area contributed by atoms with Gasteiger partial charge in [-0.15, -0.1) is 0 Å². The number of carbonyl (C=O) groups excluding carboxylic acids is 1. The van der Waals surface area contributed by atoms with Gasteiger partial charge in [0.2, 0.25) is 5.91 Å². The maximum Gasteiger partial charge on any atom is 0.318 e. The van der Waals surface area contributed by atoms with Crippen LogP contribution in [0.5, 0.6) is 0 Å². The minimum atomic E-state index is -1.32. The molecule has 1 amide bonds. The van der Waals surface area contributed by atoms with Crippen LogP contribution in [0.4, 0.5) is 0 Å². The van der Waals surface area contributed by atoms with Gasteiger partial charge in [-0.3, -0.25) is 9.59 Å². The molecule has 1 rings (SSSR count). The first kappa shape index (κ1) is 11.0. The van der Waals surface area contributed by atoms with Crippen LogP contribution >= 0.6 is 0 Å². The van der Waals surface area contributed by atoms with E-state index in [9.17, 15) is 9.59 Å². The zero-order chi connectivity index (χ0) is 10.9. The Kier molecular flexibility index (Phi) is 2.83. The topological polar surface area (TPSA) is 66.4 Å². The lowest BCUT2D eigenvalue weighted by atomic mass is 9.81. The van der Waals surface area contributed by atoms with Crippen LogP contribution in [0, 0.1) is 11.3 Å². The van der Waals surface area contributed by atoms with Crippen molar-refractivity contribution in [3.05, 3.63) is 0 Å². The molecule has 4 heteroatoms. The number of aliphatic carboxylic acids is 1. The summed E-state index contributed by atoms with van der Waals surface area (Å²) in [6, 6.07) is 0.177. The summed E-state index contributed by atoms with van der Waals surface area (Å²) in [4.78, 5) is 22.3. The maximum absolute atomic E-state index is 11.5. The summed E-state index contributed by atoms with van der Waals surface area (Å²) in [6.07, 6.45) is 1.92. The maximum atomic E-state index is 11.5. The van der Waals surface area contributed by atoms with Gasteiger partial charge in [-0.25, -0.2) is 0 Å². The molecule has 0 bridgehead atoms. The Morgan fingerprint density at radius 1 is 1.36 bits per heavy atom.